The van der Waals surface area contributed by atoms with Gasteiger partial charge in [0.05, 0.1) is 0 Å². The zero-order valence-electron chi connectivity index (χ0n) is 13.7. The number of amides is 1. The summed E-state index contributed by atoms with van der Waals surface area (Å²) in [7, 11) is 0. The van der Waals surface area contributed by atoms with Gasteiger partial charge in [-0.05, 0) is 73.4 Å². The molecule has 3 N–H and O–H groups in total. The molecule has 1 aliphatic carbocycles. The Hall–Kier alpha value is -1.43. The van der Waals surface area contributed by atoms with E-state index in [0.29, 0.717) is 11.0 Å². The number of nitrogens with one attached hydrogen (secondary N) is 2. The van der Waals surface area contributed by atoms with E-state index in [4.69, 9.17) is 5.21 Å². The van der Waals surface area contributed by atoms with Gasteiger partial charge in [0, 0.05) is 31.2 Å². The first-order valence-electron chi connectivity index (χ1n) is 8.62. The van der Waals surface area contributed by atoms with Crippen LogP contribution in [0.2, 0.25) is 0 Å². The Morgan fingerprint density at radius 2 is 2.26 bits per heavy atom. The summed E-state index contributed by atoms with van der Waals surface area (Å²) >= 11 is 0. The van der Waals surface area contributed by atoms with E-state index in [1.165, 1.54) is 43.5 Å². The Bertz CT molecular complexity index is 629. The maximum atomic E-state index is 11.6. The molecule has 0 aromatic heterocycles. The Kier molecular flexibility index (Phi) is 3.67. The number of hydroxylamine groups is 1. The molecule has 0 bridgehead atoms. The number of hydrogen-bond acceptors (Lipinski definition) is 4. The molecule has 2 fully saturated rings. The van der Waals surface area contributed by atoms with Crippen molar-refractivity contribution in [3.63, 3.8) is 0 Å². The normalized spacial score (nSPS) is 30.1. The maximum absolute atomic E-state index is 11.6. The van der Waals surface area contributed by atoms with E-state index >= 15 is 0 Å². The molecule has 0 unspecified atom stereocenters. The highest BCUT2D eigenvalue weighted by Gasteiger charge is 2.48. The van der Waals surface area contributed by atoms with Gasteiger partial charge in [-0.2, -0.15) is 0 Å². The maximum Gasteiger partial charge on any atom is 0.274 e. The number of hydrogen-bond donors (Lipinski definition) is 3. The number of nitrogens with zero attached hydrogens (tertiary/aromatic N) is 1. The summed E-state index contributed by atoms with van der Waals surface area (Å²) in [5.41, 5.74) is 6.66. The third kappa shape index (κ3) is 2.57. The topological polar surface area (TPSA) is 64.6 Å². The minimum atomic E-state index is -0.423. The van der Waals surface area contributed by atoms with Gasteiger partial charge in [0.1, 0.15) is 0 Å². The summed E-state index contributed by atoms with van der Waals surface area (Å²) < 4.78 is 0. The third-order valence-electron chi connectivity index (χ3n) is 6.14. The van der Waals surface area contributed by atoms with E-state index in [1.807, 2.05) is 12.1 Å². The molecule has 1 aromatic carbocycles. The van der Waals surface area contributed by atoms with Gasteiger partial charge in [-0.3, -0.25) is 14.9 Å². The highest BCUT2D eigenvalue weighted by molar-refractivity contribution is 5.93. The second-order valence-electron chi connectivity index (χ2n) is 7.58. The molecule has 5 nitrogen and oxygen atoms in total. The fraction of sp³-hybridized carbons (Fsp3) is 0.611. The van der Waals surface area contributed by atoms with E-state index in [9.17, 15) is 4.79 Å². The summed E-state index contributed by atoms with van der Waals surface area (Å²) in [6.07, 6.45) is 5.00. The lowest BCUT2D eigenvalue weighted by molar-refractivity contribution is 0.00635. The van der Waals surface area contributed by atoms with Crippen LogP contribution >= 0.6 is 0 Å². The van der Waals surface area contributed by atoms with Gasteiger partial charge in [0.25, 0.3) is 5.91 Å². The number of rotatable bonds is 2. The van der Waals surface area contributed by atoms with Gasteiger partial charge in [-0.1, -0.05) is 0 Å². The number of fused-ring (bicyclic) bond motifs is 1. The number of carbonyl (C=O) groups is 1. The summed E-state index contributed by atoms with van der Waals surface area (Å²) in [4.78, 5) is 14.3. The first-order valence-corrected chi connectivity index (χ1v) is 8.62. The smallest absolute Gasteiger partial charge is 0.274 e. The molecule has 0 radical (unpaired) electrons. The predicted octanol–water partition coefficient (Wildman–Crippen LogP) is 1.61. The molecule has 1 spiro atoms. The van der Waals surface area contributed by atoms with Crippen LogP contribution in [0.5, 0.6) is 0 Å². The summed E-state index contributed by atoms with van der Waals surface area (Å²) in [6.45, 7) is 6.53. The molecule has 2 heterocycles. The molecule has 5 heteroatoms. The minimum Gasteiger partial charge on any atom is -0.316 e. The Morgan fingerprint density at radius 1 is 1.43 bits per heavy atom. The predicted molar refractivity (Wildman–Crippen MR) is 87.5 cm³/mol. The zero-order valence-corrected chi connectivity index (χ0v) is 13.7. The lowest BCUT2D eigenvalue weighted by Crippen LogP contribution is -2.53. The molecule has 124 valence electrons. The van der Waals surface area contributed by atoms with E-state index in [0.717, 1.165) is 31.1 Å². The van der Waals surface area contributed by atoms with Crippen LogP contribution in [0.15, 0.2) is 12.1 Å². The van der Waals surface area contributed by atoms with E-state index in [-0.39, 0.29) is 0 Å². The molecule has 0 atom stereocenters. The quantitative estimate of drug-likeness (QED) is 0.573. The van der Waals surface area contributed by atoms with Crippen molar-refractivity contribution < 1.29 is 10.0 Å². The molecule has 23 heavy (non-hydrogen) atoms. The van der Waals surface area contributed by atoms with Gasteiger partial charge in [0.15, 0.2) is 0 Å². The van der Waals surface area contributed by atoms with Crippen molar-refractivity contribution in [2.45, 2.75) is 45.2 Å². The fourth-order valence-corrected chi connectivity index (χ4v) is 4.73. The highest BCUT2D eigenvalue weighted by atomic mass is 16.5. The average molecular weight is 315 g/mol. The van der Waals surface area contributed by atoms with Gasteiger partial charge in [-0.15, -0.1) is 0 Å². The Balaban J connectivity index is 1.48. The molecule has 1 saturated carbocycles. The van der Waals surface area contributed by atoms with Gasteiger partial charge in [0.2, 0.25) is 0 Å². The third-order valence-corrected chi connectivity index (χ3v) is 6.14. The first-order chi connectivity index (χ1) is 11.1. The lowest BCUT2D eigenvalue weighted by Gasteiger charge is -2.51. The molecule has 1 amide bonds. The van der Waals surface area contributed by atoms with Crippen molar-refractivity contribution in [3.05, 3.63) is 34.4 Å². The van der Waals surface area contributed by atoms with Crippen molar-refractivity contribution in [1.82, 2.24) is 15.7 Å². The van der Waals surface area contributed by atoms with Crippen molar-refractivity contribution in [2.75, 3.05) is 19.6 Å². The molecular weight excluding hydrogens is 290 g/mol. The fourth-order valence-electron chi connectivity index (χ4n) is 4.73. The van der Waals surface area contributed by atoms with Crippen molar-refractivity contribution in [2.24, 2.45) is 5.41 Å². The molecular formula is C18H25N3O2. The standard InChI is InChI=1S/C18H25N3O2/c1-12-6-14(17(22)20-23)7-13-2-5-21(10-16(12)13)15-8-18(9-15)3-4-19-11-18/h6-7,15,19,23H,2-5,8-11H2,1H3,(H,20,22). The number of benzene rings is 1. The van der Waals surface area contributed by atoms with Crippen LogP contribution in [-0.2, 0) is 13.0 Å². The van der Waals surface area contributed by atoms with Crippen LogP contribution in [0.1, 0.15) is 46.3 Å². The summed E-state index contributed by atoms with van der Waals surface area (Å²) in [5, 5.41) is 12.3. The van der Waals surface area contributed by atoms with Gasteiger partial charge < -0.3 is 5.32 Å². The largest absolute Gasteiger partial charge is 0.316 e. The van der Waals surface area contributed by atoms with Crippen LogP contribution in [-0.4, -0.2) is 41.7 Å². The highest BCUT2D eigenvalue weighted by Crippen LogP contribution is 2.48. The van der Waals surface area contributed by atoms with E-state index < -0.39 is 5.91 Å². The molecule has 4 rings (SSSR count). The second kappa shape index (κ2) is 5.58. The molecule has 1 saturated heterocycles. The van der Waals surface area contributed by atoms with Crippen molar-refractivity contribution in [3.8, 4) is 0 Å². The first kappa shape index (κ1) is 15.1. The second-order valence-corrected chi connectivity index (χ2v) is 7.58. The van der Waals surface area contributed by atoms with E-state index in [1.54, 1.807) is 5.48 Å². The average Bonchev–Trinajstić information content (AvgIpc) is 3.02. The van der Waals surface area contributed by atoms with Crippen LogP contribution in [0.3, 0.4) is 0 Å². The van der Waals surface area contributed by atoms with Gasteiger partial charge >= 0.3 is 0 Å². The zero-order chi connectivity index (χ0) is 16.0. The number of carbonyl (C=O) groups excluding carboxylic acids is 1. The molecule has 1 aromatic rings. The van der Waals surface area contributed by atoms with Crippen LogP contribution in [0.25, 0.3) is 0 Å². The molecule has 2 aliphatic heterocycles. The number of aryl methyl sites for hydroxylation is 1. The summed E-state index contributed by atoms with van der Waals surface area (Å²) in [6, 6.07) is 4.55. The van der Waals surface area contributed by atoms with E-state index in [2.05, 4.69) is 17.1 Å². The monoisotopic (exact) mass is 315 g/mol. The minimum absolute atomic E-state index is 0.423. The van der Waals surface area contributed by atoms with Crippen LogP contribution in [0, 0.1) is 12.3 Å². The summed E-state index contributed by atoms with van der Waals surface area (Å²) in [5.74, 6) is -0.423. The lowest BCUT2D eigenvalue weighted by atomic mass is 9.64. The Morgan fingerprint density at radius 3 is 2.96 bits per heavy atom. The van der Waals surface area contributed by atoms with Crippen LogP contribution in [0.4, 0.5) is 0 Å². The van der Waals surface area contributed by atoms with Crippen molar-refractivity contribution in [1.29, 1.82) is 0 Å². The van der Waals surface area contributed by atoms with Gasteiger partial charge in [-0.25, -0.2) is 5.48 Å². The SMILES string of the molecule is Cc1cc(C(=O)NO)cc2c1CN(C1CC3(CCNC3)C1)CC2. The Labute approximate surface area is 137 Å². The van der Waals surface area contributed by atoms with Crippen molar-refractivity contribution >= 4 is 5.91 Å². The molecule has 3 aliphatic rings. The van der Waals surface area contributed by atoms with Crippen LogP contribution < -0.4 is 10.8 Å².